The number of pyridine rings is 1. The molecular formula is C18H14ClN5. The van der Waals surface area contributed by atoms with Gasteiger partial charge in [-0.05, 0) is 35.4 Å². The maximum absolute atomic E-state index is 5.96. The van der Waals surface area contributed by atoms with Gasteiger partial charge >= 0.3 is 0 Å². The lowest BCUT2D eigenvalue weighted by atomic mass is 10.1. The second-order valence-corrected chi connectivity index (χ2v) is 5.80. The lowest BCUT2D eigenvalue weighted by molar-refractivity contribution is 0.936. The van der Waals surface area contributed by atoms with Crippen molar-refractivity contribution in [2.75, 3.05) is 5.32 Å². The van der Waals surface area contributed by atoms with E-state index >= 15 is 0 Å². The number of hydrogen-bond donors (Lipinski definition) is 1. The van der Waals surface area contributed by atoms with Gasteiger partial charge in [-0.1, -0.05) is 29.8 Å². The minimum Gasteiger partial charge on any atom is -0.366 e. The van der Waals surface area contributed by atoms with Crippen LogP contribution in [-0.4, -0.2) is 19.6 Å². The van der Waals surface area contributed by atoms with Crippen molar-refractivity contribution in [3.05, 3.63) is 77.8 Å². The van der Waals surface area contributed by atoms with Gasteiger partial charge in [0.2, 0.25) is 0 Å². The Hall–Kier alpha value is -2.92. The highest BCUT2D eigenvalue weighted by Crippen LogP contribution is 2.25. The average molecular weight is 336 g/mol. The van der Waals surface area contributed by atoms with Crippen LogP contribution in [0.25, 0.3) is 16.8 Å². The standard InChI is InChI=1S/C18H14ClN5/c19-15-5-3-14(4-6-15)16-12-22-24-9-7-17(23-18(16)24)21-11-13-2-1-8-20-10-13/h1-10,12H,11H2,(H,21,23). The summed E-state index contributed by atoms with van der Waals surface area (Å²) in [5.74, 6) is 0.794. The Balaban J connectivity index is 1.64. The van der Waals surface area contributed by atoms with Crippen LogP contribution in [0.15, 0.2) is 67.3 Å². The van der Waals surface area contributed by atoms with Gasteiger partial charge in [-0.25, -0.2) is 9.50 Å². The molecule has 0 fully saturated rings. The van der Waals surface area contributed by atoms with Gasteiger partial charge in [0.05, 0.1) is 6.20 Å². The summed E-state index contributed by atoms with van der Waals surface area (Å²) in [5, 5.41) is 8.39. The third-order valence-electron chi connectivity index (χ3n) is 3.72. The first kappa shape index (κ1) is 14.7. The smallest absolute Gasteiger partial charge is 0.165 e. The van der Waals surface area contributed by atoms with Gasteiger partial charge in [-0.2, -0.15) is 5.10 Å². The van der Waals surface area contributed by atoms with E-state index < -0.39 is 0 Å². The van der Waals surface area contributed by atoms with Crippen molar-refractivity contribution in [3.63, 3.8) is 0 Å². The van der Waals surface area contributed by atoms with Crippen molar-refractivity contribution in [1.29, 1.82) is 0 Å². The second kappa shape index (κ2) is 6.29. The molecule has 118 valence electrons. The van der Waals surface area contributed by atoms with Crippen LogP contribution in [0.2, 0.25) is 5.02 Å². The van der Waals surface area contributed by atoms with E-state index in [1.54, 1.807) is 10.7 Å². The van der Waals surface area contributed by atoms with E-state index in [2.05, 4.69) is 20.4 Å². The summed E-state index contributed by atoms with van der Waals surface area (Å²) in [6.07, 6.45) is 7.31. The predicted molar refractivity (Wildman–Crippen MR) is 95.0 cm³/mol. The second-order valence-electron chi connectivity index (χ2n) is 5.36. The van der Waals surface area contributed by atoms with Gasteiger partial charge in [-0.15, -0.1) is 0 Å². The molecule has 0 saturated heterocycles. The van der Waals surface area contributed by atoms with Gasteiger partial charge in [-0.3, -0.25) is 4.98 Å². The maximum Gasteiger partial charge on any atom is 0.165 e. The first-order valence-corrected chi connectivity index (χ1v) is 7.90. The fourth-order valence-electron chi connectivity index (χ4n) is 2.50. The molecule has 0 amide bonds. The Bertz CT molecular complexity index is 964. The Morgan fingerprint density at radius 1 is 1.04 bits per heavy atom. The molecule has 3 heterocycles. The molecule has 0 bridgehead atoms. The molecule has 4 rings (SSSR count). The molecule has 5 nitrogen and oxygen atoms in total. The molecule has 0 radical (unpaired) electrons. The number of fused-ring (bicyclic) bond motifs is 1. The normalized spacial score (nSPS) is 10.9. The quantitative estimate of drug-likeness (QED) is 0.611. The molecule has 3 aromatic heterocycles. The highest BCUT2D eigenvalue weighted by molar-refractivity contribution is 6.30. The Morgan fingerprint density at radius 2 is 1.92 bits per heavy atom. The molecule has 0 aliphatic heterocycles. The van der Waals surface area contributed by atoms with Gasteiger partial charge in [0, 0.05) is 35.7 Å². The van der Waals surface area contributed by atoms with Crippen LogP contribution in [0.1, 0.15) is 5.56 Å². The largest absolute Gasteiger partial charge is 0.366 e. The number of aromatic nitrogens is 4. The molecule has 4 aromatic rings. The number of halogens is 1. The van der Waals surface area contributed by atoms with E-state index in [4.69, 9.17) is 11.6 Å². The number of anilines is 1. The molecule has 24 heavy (non-hydrogen) atoms. The maximum atomic E-state index is 5.96. The molecule has 1 N–H and O–H groups in total. The first-order valence-electron chi connectivity index (χ1n) is 7.53. The molecule has 0 atom stereocenters. The molecule has 0 aliphatic carbocycles. The third kappa shape index (κ3) is 2.94. The van der Waals surface area contributed by atoms with E-state index in [-0.39, 0.29) is 0 Å². The molecule has 0 spiro atoms. The minimum atomic E-state index is 0.668. The van der Waals surface area contributed by atoms with Crippen molar-refractivity contribution in [3.8, 4) is 11.1 Å². The van der Waals surface area contributed by atoms with Crippen LogP contribution < -0.4 is 5.32 Å². The van der Waals surface area contributed by atoms with Crippen LogP contribution in [0.3, 0.4) is 0 Å². The van der Waals surface area contributed by atoms with E-state index in [0.717, 1.165) is 28.2 Å². The zero-order chi connectivity index (χ0) is 16.4. The predicted octanol–water partition coefficient (Wildman–Crippen LogP) is 4.06. The van der Waals surface area contributed by atoms with Crippen molar-refractivity contribution in [1.82, 2.24) is 19.6 Å². The van der Waals surface area contributed by atoms with Crippen LogP contribution in [0.4, 0.5) is 5.82 Å². The van der Waals surface area contributed by atoms with Gasteiger partial charge in [0.25, 0.3) is 0 Å². The van der Waals surface area contributed by atoms with E-state index in [1.807, 2.05) is 61.1 Å². The van der Waals surface area contributed by atoms with Gasteiger partial charge in [0.1, 0.15) is 5.82 Å². The lowest BCUT2D eigenvalue weighted by Crippen LogP contribution is -2.03. The number of rotatable bonds is 4. The zero-order valence-electron chi connectivity index (χ0n) is 12.7. The summed E-state index contributed by atoms with van der Waals surface area (Å²) in [6, 6.07) is 13.5. The molecule has 0 unspecified atom stereocenters. The average Bonchev–Trinajstić information content (AvgIpc) is 3.05. The Labute approximate surface area is 144 Å². The van der Waals surface area contributed by atoms with E-state index in [9.17, 15) is 0 Å². The van der Waals surface area contributed by atoms with Crippen LogP contribution in [-0.2, 0) is 6.54 Å². The highest BCUT2D eigenvalue weighted by atomic mass is 35.5. The topological polar surface area (TPSA) is 55.1 Å². The molecule has 0 saturated carbocycles. The fraction of sp³-hybridized carbons (Fsp3) is 0.0556. The van der Waals surface area contributed by atoms with Crippen molar-refractivity contribution in [2.24, 2.45) is 0 Å². The molecule has 6 heteroatoms. The summed E-state index contributed by atoms with van der Waals surface area (Å²) in [6.45, 7) is 0.668. The fourth-order valence-corrected chi connectivity index (χ4v) is 2.62. The number of nitrogens with one attached hydrogen (secondary N) is 1. The van der Waals surface area contributed by atoms with Crippen LogP contribution in [0, 0.1) is 0 Å². The highest BCUT2D eigenvalue weighted by Gasteiger charge is 2.09. The summed E-state index contributed by atoms with van der Waals surface area (Å²) >= 11 is 5.96. The summed E-state index contributed by atoms with van der Waals surface area (Å²) in [7, 11) is 0. The van der Waals surface area contributed by atoms with Crippen molar-refractivity contribution in [2.45, 2.75) is 6.54 Å². The van der Waals surface area contributed by atoms with Gasteiger partial charge in [0.15, 0.2) is 5.65 Å². The summed E-state index contributed by atoms with van der Waals surface area (Å²) in [5.41, 5.74) is 3.90. The Kier molecular flexibility index (Phi) is 3.84. The van der Waals surface area contributed by atoms with Crippen molar-refractivity contribution >= 4 is 23.1 Å². The minimum absolute atomic E-state index is 0.668. The molecular weight excluding hydrogens is 322 g/mol. The SMILES string of the molecule is Clc1ccc(-c2cnn3ccc(NCc4cccnc4)nc23)cc1. The van der Waals surface area contributed by atoms with E-state index in [1.165, 1.54) is 0 Å². The first-order chi connectivity index (χ1) is 11.8. The molecule has 0 aliphatic rings. The van der Waals surface area contributed by atoms with Crippen LogP contribution in [0.5, 0.6) is 0 Å². The van der Waals surface area contributed by atoms with E-state index in [0.29, 0.717) is 11.6 Å². The van der Waals surface area contributed by atoms with Crippen LogP contribution >= 0.6 is 11.6 Å². The monoisotopic (exact) mass is 335 g/mol. The molecule has 1 aromatic carbocycles. The number of hydrogen-bond acceptors (Lipinski definition) is 4. The summed E-state index contributed by atoms with van der Waals surface area (Å²) in [4.78, 5) is 8.80. The lowest BCUT2D eigenvalue weighted by Gasteiger charge is -2.06. The Morgan fingerprint density at radius 3 is 2.71 bits per heavy atom. The van der Waals surface area contributed by atoms with Gasteiger partial charge < -0.3 is 5.32 Å². The third-order valence-corrected chi connectivity index (χ3v) is 3.97. The zero-order valence-corrected chi connectivity index (χ0v) is 13.5. The number of nitrogens with zero attached hydrogens (tertiary/aromatic N) is 4. The summed E-state index contributed by atoms with van der Waals surface area (Å²) < 4.78 is 1.76. The van der Waals surface area contributed by atoms with Crippen molar-refractivity contribution < 1.29 is 0 Å². The number of benzene rings is 1.